The van der Waals surface area contributed by atoms with Gasteiger partial charge in [0.25, 0.3) is 0 Å². The first-order chi connectivity index (χ1) is 13.4. The van der Waals surface area contributed by atoms with E-state index in [9.17, 15) is 14.7 Å². The number of ketones is 1. The van der Waals surface area contributed by atoms with Crippen LogP contribution in [0.5, 0.6) is 0 Å². The zero-order valence-corrected chi connectivity index (χ0v) is 15.5. The quantitative estimate of drug-likeness (QED) is 0.443. The monoisotopic (exact) mass is 384 g/mol. The highest BCUT2D eigenvalue weighted by molar-refractivity contribution is 6.06. The lowest BCUT2D eigenvalue weighted by Gasteiger charge is -2.09. The van der Waals surface area contributed by atoms with E-state index >= 15 is 0 Å². The molecule has 2 heterocycles. The fourth-order valence-electron chi connectivity index (χ4n) is 2.88. The minimum absolute atomic E-state index is 0.184. The Morgan fingerprint density at radius 3 is 2.54 bits per heavy atom. The Morgan fingerprint density at radius 1 is 1.21 bits per heavy atom. The number of rotatable bonds is 8. The number of carboxylic acid groups (broad SMARTS) is 1. The van der Waals surface area contributed by atoms with Crippen molar-refractivity contribution in [1.82, 2.24) is 19.7 Å². The number of hydrogen-bond donors (Lipinski definition) is 2. The third-order valence-electron chi connectivity index (χ3n) is 4.12. The van der Waals surface area contributed by atoms with Crippen LogP contribution in [0.2, 0.25) is 0 Å². The van der Waals surface area contributed by atoms with Crippen molar-refractivity contribution in [2.75, 3.05) is 6.61 Å². The highest BCUT2D eigenvalue weighted by Crippen LogP contribution is 2.26. The summed E-state index contributed by atoms with van der Waals surface area (Å²) in [5, 5.41) is 23.4. The minimum atomic E-state index is -1.04. The first-order valence-corrected chi connectivity index (χ1v) is 8.73. The molecule has 9 heteroatoms. The molecule has 1 unspecified atom stereocenters. The molecular weight excluding hydrogens is 364 g/mol. The van der Waals surface area contributed by atoms with Crippen LogP contribution in [0.15, 0.2) is 30.6 Å². The van der Waals surface area contributed by atoms with Crippen molar-refractivity contribution in [3.63, 3.8) is 0 Å². The molecular formula is C19H20N4O5. The Bertz CT molecular complexity index is 1010. The van der Waals surface area contributed by atoms with Crippen LogP contribution in [0.1, 0.15) is 30.2 Å². The number of aliphatic hydroxyl groups excluding tert-OH is 1. The van der Waals surface area contributed by atoms with E-state index in [-0.39, 0.29) is 24.4 Å². The minimum Gasteiger partial charge on any atom is -0.480 e. The molecule has 146 valence electrons. The topological polar surface area (TPSA) is 127 Å². The Morgan fingerprint density at radius 2 is 1.93 bits per heavy atom. The summed E-state index contributed by atoms with van der Waals surface area (Å²) in [7, 11) is 0. The Kier molecular flexibility index (Phi) is 5.76. The van der Waals surface area contributed by atoms with E-state index in [1.807, 2.05) is 0 Å². The van der Waals surface area contributed by atoms with Gasteiger partial charge in [-0.05, 0) is 24.6 Å². The van der Waals surface area contributed by atoms with Crippen LogP contribution in [-0.4, -0.2) is 54.6 Å². The second kappa shape index (κ2) is 8.24. The number of hydrogen-bond acceptors (Lipinski definition) is 7. The van der Waals surface area contributed by atoms with Gasteiger partial charge >= 0.3 is 5.97 Å². The van der Waals surface area contributed by atoms with Crippen molar-refractivity contribution in [1.29, 1.82) is 0 Å². The average molecular weight is 384 g/mol. The summed E-state index contributed by atoms with van der Waals surface area (Å²) >= 11 is 0. The van der Waals surface area contributed by atoms with Crippen molar-refractivity contribution in [2.45, 2.75) is 33.1 Å². The summed E-state index contributed by atoms with van der Waals surface area (Å²) in [6, 6.07) is 5.28. The zero-order valence-electron chi connectivity index (χ0n) is 15.5. The maximum absolute atomic E-state index is 11.9. The standard InChI is InChI=1S/C19H20N4O5/c1-3-28-18(27)7-16-20-8-13(9-21-16)12-4-5-15-14(6-12)19(11(2)24)22-23(15)10-17(25)26/h4-6,8-9,18,27H,3,7,10H2,1-2H3,(H,25,26). The summed E-state index contributed by atoms with van der Waals surface area (Å²) < 4.78 is 6.37. The van der Waals surface area contributed by atoms with E-state index in [4.69, 9.17) is 9.84 Å². The number of benzene rings is 1. The van der Waals surface area contributed by atoms with Gasteiger partial charge in [-0.25, -0.2) is 9.97 Å². The molecule has 2 N–H and O–H groups in total. The summed E-state index contributed by atoms with van der Waals surface area (Å²) in [6.45, 7) is 3.24. The number of carbonyl (C=O) groups is 2. The van der Waals surface area contributed by atoms with Crippen molar-refractivity contribution in [3.8, 4) is 11.1 Å². The fourth-order valence-corrected chi connectivity index (χ4v) is 2.88. The molecule has 3 rings (SSSR count). The predicted octanol–water partition coefficient (Wildman–Crippen LogP) is 1.68. The van der Waals surface area contributed by atoms with Crippen LogP contribution in [0, 0.1) is 0 Å². The number of carboxylic acids is 1. The van der Waals surface area contributed by atoms with Gasteiger partial charge < -0.3 is 14.9 Å². The number of aromatic nitrogens is 4. The van der Waals surface area contributed by atoms with Crippen molar-refractivity contribution in [2.24, 2.45) is 0 Å². The van der Waals surface area contributed by atoms with E-state index in [2.05, 4.69) is 15.1 Å². The molecule has 9 nitrogen and oxygen atoms in total. The summed E-state index contributed by atoms with van der Waals surface area (Å²) in [4.78, 5) is 31.4. The van der Waals surface area contributed by atoms with E-state index in [0.29, 0.717) is 23.3 Å². The van der Waals surface area contributed by atoms with Gasteiger partial charge in [-0.3, -0.25) is 14.3 Å². The molecule has 0 radical (unpaired) electrons. The Hall–Kier alpha value is -3.17. The van der Waals surface area contributed by atoms with E-state index in [1.165, 1.54) is 11.6 Å². The SMILES string of the molecule is CCOC(O)Cc1ncc(-c2ccc3c(c2)c(C(C)=O)nn3CC(=O)O)cn1. The van der Waals surface area contributed by atoms with Crippen LogP contribution in [0.4, 0.5) is 0 Å². The van der Waals surface area contributed by atoms with Crippen molar-refractivity contribution in [3.05, 3.63) is 42.1 Å². The van der Waals surface area contributed by atoms with E-state index in [1.54, 1.807) is 37.5 Å². The maximum atomic E-state index is 11.9. The van der Waals surface area contributed by atoms with Crippen LogP contribution in [0.25, 0.3) is 22.0 Å². The van der Waals surface area contributed by atoms with Crippen LogP contribution in [-0.2, 0) is 22.5 Å². The lowest BCUT2D eigenvalue weighted by atomic mass is 10.0. The Balaban J connectivity index is 1.94. The molecule has 0 aliphatic heterocycles. The number of nitrogens with zero attached hydrogens (tertiary/aromatic N) is 4. The molecule has 28 heavy (non-hydrogen) atoms. The largest absolute Gasteiger partial charge is 0.480 e. The van der Waals surface area contributed by atoms with Gasteiger partial charge in [-0.1, -0.05) is 6.07 Å². The van der Waals surface area contributed by atoms with Gasteiger partial charge in [0.15, 0.2) is 12.1 Å². The fraction of sp³-hybridized carbons (Fsp3) is 0.316. The van der Waals surface area contributed by atoms with Crippen molar-refractivity contribution < 1.29 is 24.5 Å². The zero-order chi connectivity index (χ0) is 20.3. The van der Waals surface area contributed by atoms with Gasteiger partial charge in [0.2, 0.25) is 0 Å². The first kappa shape index (κ1) is 19.6. The molecule has 3 aromatic rings. The second-order valence-electron chi connectivity index (χ2n) is 6.19. The van der Waals surface area contributed by atoms with Crippen LogP contribution >= 0.6 is 0 Å². The summed E-state index contributed by atoms with van der Waals surface area (Å²) in [5.74, 6) is -0.839. The smallest absolute Gasteiger partial charge is 0.325 e. The van der Waals surface area contributed by atoms with Crippen LogP contribution in [0.3, 0.4) is 0 Å². The Labute approximate surface area is 160 Å². The molecule has 0 fully saturated rings. The average Bonchev–Trinajstić information content (AvgIpc) is 3.00. The molecule has 0 saturated heterocycles. The molecule has 1 atom stereocenters. The van der Waals surface area contributed by atoms with Gasteiger partial charge in [0, 0.05) is 36.9 Å². The third-order valence-corrected chi connectivity index (χ3v) is 4.12. The van der Waals surface area contributed by atoms with E-state index < -0.39 is 12.3 Å². The maximum Gasteiger partial charge on any atom is 0.325 e. The number of fused-ring (bicyclic) bond motifs is 1. The molecule has 0 amide bonds. The van der Waals surface area contributed by atoms with Gasteiger partial charge in [0.05, 0.1) is 11.9 Å². The highest BCUT2D eigenvalue weighted by atomic mass is 16.6. The molecule has 1 aromatic carbocycles. The summed E-state index contributed by atoms with van der Waals surface area (Å²) in [6.07, 6.45) is 2.48. The molecule has 0 aliphatic rings. The molecule has 2 aromatic heterocycles. The molecule has 0 saturated carbocycles. The molecule has 0 aliphatic carbocycles. The van der Waals surface area contributed by atoms with Gasteiger partial charge in [0.1, 0.15) is 18.1 Å². The van der Waals surface area contributed by atoms with E-state index in [0.717, 1.165) is 11.1 Å². The first-order valence-electron chi connectivity index (χ1n) is 8.73. The summed E-state index contributed by atoms with van der Waals surface area (Å²) in [5.41, 5.74) is 2.27. The predicted molar refractivity (Wildman–Crippen MR) is 99.7 cm³/mol. The third kappa shape index (κ3) is 4.21. The highest BCUT2D eigenvalue weighted by Gasteiger charge is 2.17. The number of carbonyl (C=O) groups excluding carboxylic acids is 1. The lowest BCUT2D eigenvalue weighted by Crippen LogP contribution is -2.16. The normalized spacial score (nSPS) is 12.2. The lowest BCUT2D eigenvalue weighted by molar-refractivity contribution is -0.137. The number of aliphatic carboxylic acids is 1. The number of aliphatic hydroxyl groups is 1. The van der Waals surface area contributed by atoms with Gasteiger partial charge in [-0.15, -0.1) is 0 Å². The van der Waals surface area contributed by atoms with Crippen LogP contribution < -0.4 is 0 Å². The molecule has 0 spiro atoms. The van der Waals surface area contributed by atoms with Crippen molar-refractivity contribution >= 4 is 22.7 Å². The second-order valence-corrected chi connectivity index (χ2v) is 6.19. The number of Topliss-reactive ketones (excluding diaryl/α,β-unsaturated/α-hetero) is 1. The molecule has 0 bridgehead atoms. The number of ether oxygens (including phenoxy) is 1. The van der Waals surface area contributed by atoms with Gasteiger partial charge in [-0.2, -0.15) is 5.10 Å².